The Kier molecular flexibility index (Phi) is 6.66. The van der Waals surface area contributed by atoms with Crippen molar-refractivity contribution in [3.05, 3.63) is 58.9 Å². The van der Waals surface area contributed by atoms with Crippen LogP contribution in [0.1, 0.15) is 32.2 Å². The van der Waals surface area contributed by atoms with Crippen molar-refractivity contribution in [2.24, 2.45) is 5.14 Å². The van der Waals surface area contributed by atoms with Crippen molar-refractivity contribution < 1.29 is 17.6 Å². The first-order chi connectivity index (χ1) is 16.0. The van der Waals surface area contributed by atoms with Crippen LogP contribution in [0.15, 0.2) is 51.8 Å². The molecule has 2 N–H and O–H groups in total. The summed E-state index contributed by atoms with van der Waals surface area (Å²) >= 11 is 6.22. The van der Waals surface area contributed by atoms with Crippen LogP contribution in [0.5, 0.6) is 0 Å². The molecule has 0 aliphatic carbocycles. The van der Waals surface area contributed by atoms with Gasteiger partial charge in [-0.1, -0.05) is 23.7 Å². The molecule has 1 aliphatic heterocycles. The molecule has 2 heterocycles. The molecule has 34 heavy (non-hydrogen) atoms. The highest BCUT2D eigenvalue weighted by Gasteiger charge is 2.31. The molecule has 1 aromatic heterocycles. The molecule has 3 aromatic rings. The van der Waals surface area contributed by atoms with Crippen molar-refractivity contribution in [3.63, 3.8) is 0 Å². The number of sulfonamides is 1. The molecular formula is C23H26ClN5O4S. The minimum Gasteiger partial charge on any atom is -0.419 e. The molecule has 9 nitrogen and oxygen atoms in total. The van der Waals surface area contributed by atoms with E-state index < -0.39 is 10.0 Å². The number of hydrogen-bond donors (Lipinski definition) is 1. The largest absolute Gasteiger partial charge is 0.419 e. The van der Waals surface area contributed by atoms with E-state index in [-0.39, 0.29) is 36.0 Å². The normalized spacial score (nSPS) is 15.6. The molecular weight excluding hydrogens is 478 g/mol. The lowest BCUT2D eigenvalue weighted by Crippen LogP contribution is -2.45. The summed E-state index contributed by atoms with van der Waals surface area (Å²) < 4.78 is 29.2. The van der Waals surface area contributed by atoms with Crippen LogP contribution in [0.4, 0.5) is 5.69 Å². The summed E-state index contributed by atoms with van der Waals surface area (Å²) in [6.45, 7) is 6.13. The highest BCUT2D eigenvalue weighted by atomic mass is 35.5. The zero-order chi connectivity index (χ0) is 24.6. The number of rotatable bonds is 7. The lowest BCUT2D eigenvalue weighted by atomic mass is 10.1. The van der Waals surface area contributed by atoms with Crippen LogP contribution in [0.2, 0.25) is 5.02 Å². The van der Waals surface area contributed by atoms with Crippen molar-refractivity contribution in [2.45, 2.75) is 50.7 Å². The van der Waals surface area contributed by atoms with Gasteiger partial charge in [-0.15, -0.1) is 10.2 Å². The van der Waals surface area contributed by atoms with Gasteiger partial charge in [0.2, 0.25) is 27.7 Å². The van der Waals surface area contributed by atoms with Gasteiger partial charge in [0.05, 0.1) is 28.6 Å². The Morgan fingerprint density at radius 1 is 1.26 bits per heavy atom. The fraction of sp³-hybridized carbons (Fsp3) is 0.348. The minimum atomic E-state index is -3.79. The highest BCUT2D eigenvalue weighted by molar-refractivity contribution is 7.89. The standard InChI is InChI=1S/C23H26ClN5O4S/c1-14(2)28(12-21-26-27-23(33-21)18-6-4-5-7-19(18)24)22(30)13-29-15(3)10-16-11-17(34(25,31)32)8-9-20(16)29/h4-9,11,14-15H,10,12-13H2,1-3H3,(H2,25,31,32). The van der Waals surface area contributed by atoms with E-state index >= 15 is 0 Å². The number of anilines is 1. The van der Waals surface area contributed by atoms with Crippen LogP contribution in [0.25, 0.3) is 11.5 Å². The third-order valence-electron chi connectivity index (χ3n) is 5.86. The molecule has 0 saturated heterocycles. The Morgan fingerprint density at radius 2 is 2.00 bits per heavy atom. The fourth-order valence-electron chi connectivity index (χ4n) is 4.09. The van der Waals surface area contributed by atoms with E-state index in [1.807, 2.05) is 37.8 Å². The van der Waals surface area contributed by atoms with Crippen LogP contribution in [-0.2, 0) is 27.8 Å². The van der Waals surface area contributed by atoms with Crippen LogP contribution in [-0.4, -0.2) is 48.1 Å². The second-order valence-electron chi connectivity index (χ2n) is 8.61. The van der Waals surface area contributed by atoms with E-state index in [1.54, 1.807) is 29.2 Å². The van der Waals surface area contributed by atoms with Crippen LogP contribution in [0.3, 0.4) is 0 Å². The third kappa shape index (κ3) is 4.94. The van der Waals surface area contributed by atoms with Crippen molar-refractivity contribution in [3.8, 4) is 11.5 Å². The predicted molar refractivity (Wildman–Crippen MR) is 129 cm³/mol. The van der Waals surface area contributed by atoms with Crippen molar-refractivity contribution in [2.75, 3.05) is 11.4 Å². The van der Waals surface area contributed by atoms with Gasteiger partial charge < -0.3 is 14.2 Å². The molecule has 4 rings (SSSR count). The Bertz CT molecular complexity index is 1320. The van der Waals surface area contributed by atoms with Gasteiger partial charge in [0.1, 0.15) is 0 Å². The van der Waals surface area contributed by atoms with Gasteiger partial charge in [0.15, 0.2) is 0 Å². The molecule has 1 aliphatic rings. The Balaban J connectivity index is 1.51. The second kappa shape index (κ2) is 9.36. The molecule has 1 unspecified atom stereocenters. The smallest absolute Gasteiger partial charge is 0.249 e. The summed E-state index contributed by atoms with van der Waals surface area (Å²) in [5.41, 5.74) is 2.31. The van der Waals surface area contributed by atoms with Gasteiger partial charge in [-0.2, -0.15) is 0 Å². The van der Waals surface area contributed by atoms with E-state index in [2.05, 4.69) is 10.2 Å². The summed E-state index contributed by atoms with van der Waals surface area (Å²) in [6, 6.07) is 11.9. The molecule has 180 valence electrons. The minimum absolute atomic E-state index is 0.0268. The van der Waals surface area contributed by atoms with Crippen molar-refractivity contribution in [1.82, 2.24) is 15.1 Å². The number of nitrogens with two attached hydrogens (primary N) is 1. The van der Waals surface area contributed by atoms with E-state index in [0.717, 1.165) is 11.3 Å². The number of benzene rings is 2. The molecule has 1 atom stereocenters. The van der Waals surface area contributed by atoms with Crippen molar-refractivity contribution in [1.29, 1.82) is 0 Å². The molecule has 11 heteroatoms. The molecule has 0 fully saturated rings. The quantitative estimate of drug-likeness (QED) is 0.525. The maximum atomic E-state index is 13.3. The maximum absolute atomic E-state index is 13.3. The van der Waals surface area contributed by atoms with E-state index in [9.17, 15) is 13.2 Å². The first-order valence-corrected chi connectivity index (χ1v) is 12.8. The number of carbonyl (C=O) groups excluding carboxylic acids is 1. The average Bonchev–Trinajstić information content (AvgIpc) is 3.35. The Morgan fingerprint density at radius 3 is 2.68 bits per heavy atom. The van der Waals surface area contributed by atoms with Gasteiger partial charge in [0.25, 0.3) is 0 Å². The Hall–Kier alpha value is -2.95. The summed E-state index contributed by atoms with van der Waals surface area (Å²) in [4.78, 5) is 17.0. The number of fused-ring (bicyclic) bond motifs is 1. The monoisotopic (exact) mass is 503 g/mol. The predicted octanol–water partition coefficient (Wildman–Crippen LogP) is 3.23. The third-order valence-corrected chi connectivity index (χ3v) is 7.10. The number of carbonyl (C=O) groups is 1. The highest BCUT2D eigenvalue weighted by Crippen LogP contribution is 2.34. The molecule has 0 saturated carbocycles. The van der Waals surface area contributed by atoms with E-state index in [0.29, 0.717) is 28.8 Å². The topological polar surface area (TPSA) is 123 Å². The van der Waals surface area contributed by atoms with Gasteiger partial charge in [0, 0.05) is 17.8 Å². The van der Waals surface area contributed by atoms with Gasteiger partial charge in [-0.3, -0.25) is 4.79 Å². The number of halogens is 1. The average molecular weight is 504 g/mol. The molecule has 0 spiro atoms. The number of aromatic nitrogens is 2. The lowest BCUT2D eigenvalue weighted by Gasteiger charge is -2.30. The Labute approximate surface area is 203 Å². The van der Waals surface area contributed by atoms with Crippen LogP contribution < -0.4 is 10.0 Å². The first kappa shape index (κ1) is 24.2. The number of nitrogens with zero attached hydrogens (tertiary/aromatic N) is 4. The lowest BCUT2D eigenvalue weighted by molar-refractivity contribution is -0.132. The van der Waals surface area contributed by atoms with Crippen LogP contribution in [0, 0.1) is 0 Å². The fourth-order valence-corrected chi connectivity index (χ4v) is 4.87. The van der Waals surface area contributed by atoms with Crippen molar-refractivity contribution >= 4 is 33.2 Å². The van der Waals surface area contributed by atoms with Gasteiger partial charge in [-0.05, 0) is 63.1 Å². The van der Waals surface area contributed by atoms with E-state index in [4.69, 9.17) is 21.2 Å². The van der Waals surface area contributed by atoms with Gasteiger partial charge in [-0.25, -0.2) is 13.6 Å². The SMILES string of the molecule is CC(C)N(Cc1nnc(-c2ccccc2Cl)o1)C(=O)CN1c2ccc(S(N)(=O)=O)cc2CC1C. The molecule has 1 amide bonds. The summed E-state index contributed by atoms with van der Waals surface area (Å²) in [7, 11) is -3.79. The maximum Gasteiger partial charge on any atom is 0.249 e. The first-order valence-electron chi connectivity index (χ1n) is 10.8. The number of hydrogen-bond acceptors (Lipinski definition) is 7. The molecule has 2 aromatic carbocycles. The van der Waals surface area contributed by atoms with Crippen LogP contribution >= 0.6 is 11.6 Å². The molecule has 0 bridgehead atoms. The summed E-state index contributed by atoms with van der Waals surface area (Å²) in [5.74, 6) is 0.497. The number of primary sulfonamides is 1. The van der Waals surface area contributed by atoms with Gasteiger partial charge >= 0.3 is 0 Å². The molecule has 0 radical (unpaired) electrons. The van der Waals surface area contributed by atoms with E-state index in [1.165, 1.54) is 6.07 Å². The summed E-state index contributed by atoms with van der Waals surface area (Å²) in [5, 5.41) is 14.0. The second-order valence-corrected chi connectivity index (χ2v) is 10.6. The zero-order valence-corrected chi connectivity index (χ0v) is 20.7. The number of amides is 1. The zero-order valence-electron chi connectivity index (χ0n) is 19.1. The summed E-state index contributed by atoms with van der Waals surface area (Å²) in [6.07, 6.45) is 0.624.